The average Bonchev–Trinajstić information content (AvgIpc) is 3.13. The number of amides is 3. The van der Waals surface area contributed by atoms with E-state index in [-0.39, 0.29) is 24.5 Å². The van der Waals surface area contributed by atoms with Crippen molar-refractivity contribution in [2.24, 2.45) is 5.73 Å². The number of hydrogen-bond acceptors (Lipinski definition) is 6. The van der Waals surface area contributed by atoms with Gasteiger partial charge in [0.15, 0.2) is 11.8 Å². The van der Waals surface area contributed by atoms with Gasteiger partial charge in [-0.1, -0.05) is 11.8 Å². The fourth-order valence-electron chi connectivity index (χ4n) is 3.13. The molecule has 1 aromatic carbocycles. The topological polar surface area (TPSA) is 140 Å². The Bertz CT molecular complexity index is 1160. The molecule has 2 heterocycles. The van der Waals surface area contributed by atoms with Crippen molar-refractivity contribution in [3.63, 3.8) is 0 Å². The van der Waals surface area contributed by atoms with E-state index in [9.17, 15) is 19.5 Å². The minimum Gasteiger partial charge on any atom is -0.491 e. The number of fused-ring (bicyclic) bond motifs is 3. The lowest BCUT2D eigenvalue weighted by Gasteiger charge is -2.15. The van der Waals surface area contributed by atoms with Gasteiger partial charge in [0, 0.05) is 26.2 Å². The van der Waals surface area contributed by atoms with Crippen LogP contribution in [0.2, 0.25) is 0 Å². The molecule has 10 nitrogen and oxygen atoms in total. The summed E-state index contributed by atoms with van der Waals surface area (Å²) in [5.41, 5.74) is 6.36. The number of nitrogens with zero attached hydrogens (tertiary/aromatic N) is 3. The maximum atomic E-state index is 12.4. The fourth-order valence-corrected chi connectivity index (χ4v) is 3.13. The third-order valence-electron chi connectivity index (χ3n) is 4.87. The lowest BCUT2D eigenvalue weighted by Crippen LogP contribution is -2.35. The Morgan fingerprint density at radius 1 is 1.39 bits per heavy atom. The molecule has 1 aliphatic rings. The zero-order valence-corrected chi connectivity index (χ0v) is 18.6. The molecule has 0 aliphatic carbocycles. The first-order valence-electron chi connectivity index (χ1n) is 9.96. The lowest BCUT2D eigenvalue weighted by atomic mass is 10.1. The number of primary amides is 1. The summed E-state index contributed by atoms with van der Waals surface area (Å²) in [5, 5.41) is 12.5. The Hall–Kier alpha value is -4.28. The van der Waals surface area contributed by atoms with Gasteiger partial charge in [-0.3, -0.25) is 14.4 Å². The van der Waals surface area contributed by atoms with Crippen LogP contribution < -0.4 is 15.8 Å². The Morgan fingerprint density at radius 2 is 2.09 bits per heavy atom. The molecule has 0 unspecified atom stereocenters. The number of likely N-dealkylation sites (N-methyl/N-ethyl adjacent to an activating group) is 1. The molecule has 3 rings (SSSR count). The number of ether oxygens (including phenoxy) is 1. The SMILES string of the molecule is C#C.CCN(C)C(=O)[C@H](O)C#Cc1ccc2c(c1)-c1nc(C(N)=O)c(C(=O)NC)n1CCO2. The van der Waals surface area contributed by atoms with Gasteiger partial charge in [-0.2, -0.15) is 0 Å². The summed E-state index contributed by atoms with van der Waals surface area (Å²) in [4.78, 5) is 41.9. The standard InChI is InChI=1S/C21H23N5O5.C2H2/c1-4-25(3)21(30)14(27)7-5-12-6-8-15-13(11-12)19-24-16(18(22)28)17(20(29)23-2)26(19)9-10-31-15;1-2/h6,8,11,14,27H,4,9-10H2,1-3H3,(H2,22,28)(H,23,29);1-2H/t14-;/m1./s1. The second-order valence-electron chi connectivity index (χ2n) is 6.81. The number of benzene rings is 1. The number of aromatic nitrogens is 2. The van der Waals surface area contributed by atoms with Crippen LogP contribution in [0.4, 0.5) is 0 Å². The molecule has 10 heteroatoms. The average molecular weight is 451 g/mol. The molecule has 0 bridgehead atoms. The van der Waals surface area contributed by atoms with Crippen LogP contribution in [0.25, 0.3) is 11.4 Å². The number of carbonyl (C=O) groups excluding carboxylic acids is 3. The van der Waals surface area contributed by atoms with Crippen molar-refractivity contribution in [3.05, 3.63) is 35.2 Å². The Labute approximate surface area is 191 Å². The number of carbonyl (C=O) groups is 3. The van der Waals surface area contributed by atoms with Crippen LogP contribution in [0.5, 0.6) is 5.75 Å². The predicted octanol–water partition coefficient (Wildman–Crippen LogP) is -0.159. The monoisotopic (exact) mass is 451 g/mol. The molecule has 1 aromatic heterocycles. The Morgan fingerprint density at radius 3 is 2.70 bits per heavy atom. The summed E-state index contributed by atoms with van der Waals surface area (Å²) < 4.78 is 7.34. The molecule has 33 heavy (non-hydrogen) atoms. The van der Waals surface area contributed by atoms with Crippen molar-refractivity contribution < 1.29 is 24.2 Å². The van der Waals surface area contributed by atoms with Crippen molar-refractivity contribution in [1.82, 2.24) is 19.8 Å². The van der Waals surface area contributed by atoms with Gasteiger partial charge in [0.2, 0.25) is 0 Å². The number of nitrogens with one attached hydrogen (secondary N) is 1. The van der Waals surface area contributed by atoms with Crippen molar-refractivity contribution in [1.29, 1.82) is 0 Å². The minimum atomic E-state index is -1.46. The van der Waals surface area contributed by atoms with Crippen LogP contribution in [0, 0.1) is 24.7 Å². The first-order valence-corrected chi connectivity index (χ1v) is 9.96. The lowest BCUT2D eigenvalue weighted by molar-refractivity contribution is -0.135. The molecule has 0 radical (unpaired) electrons. The highest BCUT2D eigenvalue weighted by Crippen LogP contribution is 2.34. The van der Waals surface area contributed by atoms with Crippen LogP contribution in [0.3, 0.4) is 0 Å². The zero-order chi connectivity index (χ0) is 24.7. The number of aliphatic hydroxyl groups excluding tert-OH is 1. The second-order valence-corrected chi connectivity index (χ2v) is 6.81. The van der Waals surface area contributed by atoms with E-state index in [2.05, 4.69) is 35.0 Å². The van der Waals surface area contributed by atoms with E-state index in [0.717, 1.165) is 0 Å². The van der Waals surface area contributed by atoms with Gasteiger partial charge in [0.25, 0.3) is 17.7 Å². The van der Waals surface area contributed by atoms with Gasteiger partial charge in [0.1, 0.15) is 23.9 Å². The number of rotatable bonds is 4. The van der Waals surface area contributed by atoms with Gasteiger partial charge in [-0.25, -0.2) is 4.98 Å². The molecule has 0 fully saturated rings. The molecule has 2 aromatic rings. The summed E-state index contributed by atoms with van der Waals surface area (Å²) in [6, 6.07) is 5.02. The van der Waals surface area contributed by atoms with E-state index in [1.807, 2.05) is 0 Å². The summed E-state index contributed by atoms with van der Waals surface area (Å²) in [7, 11) is 3.03. The van der Waals surface area contributed by atoms with Crippen LogP contribution in [-0.2, 0) is 11.3 Å². The molecule has 0 saturated carbocycles. The smallest absolute Gasteiger partial charge is 0.270 e. The van der Waals surface area contributed by atoms with E-state index < -0.39 is 23.8 Å². The van der Waals surface area contributed by atoms with E-state index in [0.29, 0.717) is 29.2 Å². The molecule has 0 spiro atoms. The quantitative estimate of drug-likeness (QED) is 0.552. The highest BCUT2D eigenvalue weighted by molar-refractivity contribution is 6.05. The maximum absolute atomic E-state index is 12.4. The van der Waals surface area contributed by atoms with E-state index >= 15 is 0 Å². The van der Waals surface area contributed by atoms with Gasteiger partial charge in [-0.05, 0) is 25.1 Å². The summed E-state index contributed by atoms with van der Waals surface area (Å²) in [6.07, 6.45) is 6.54. The predicted molar refractivity (Wildman–Crippen MR) is 121 cm³/mol. The summed E-state index contributed by atoms with van der Waals surface area (Å²) in [6.45, 7) is 2.77. The van der Waals surface area contributed by atoms with Crippen molar-refractivity contribution in [2.45, 2.75) is 19.6 Å². The van der Waals surface area contributed by atoms with Gasteiger partial charge in [0.05, 0.1) is 12.1 Å². The van der Waals surface area contributed by atoms with E-state index in [1.54, 1.807) is 36.7 Å². The summed E-state index contributed by atoms with van der Waals surface area (Å²) in [5.74, 6) is 4.33. The van der Waals surface area contributed by atoms with Crippen LogP contribution in [0.1, 0.15) is 33.5 Å². The third kappa shape index (κ3) is 5.14. The molecule has 0 saturated heterocycles. The Balaban J connectivity index is 0.00000187. The number of terminal acetylenes is 1. The van der Waals surface area contributed by atoms with Crippen molar-refractivity contribution in [3.8, 4) is 41.8 Å². The van der Waals surface area contributed by atoms with Crippen LogP contribution in [-0.4, -0.2) is 70.6 Å². The fraction of sp³-hybridized carbons (Fsp3) is 0.304. The third-order valence-corrected chi connectivity index (χ3v) is 4.87. The highest BCUT2D eigenvalue weighted by atomic mass is 16.5. The van der Waals surface area contributed by atoms with E-state index in [4.69, 9.17) is 10.5 Å². The van der Waals surface area contributed by atoms with E-state index in [1.165, 1.54) is 11.9 Å². The molecular weight excluding hydrogens is 426 g/mol. The Kier molecular flexibility index (Phi) is 8.21. The highest BCUT2D eigenvalue weighted by Gasteiger charge is 2.29. The van der Waals surface area contributed by atoms with Crippen molar-refractivity contribution >= 4 is 17.7 Å². The number of imidazole rings is 1. The molecule has 3 amide bonds. The number of hydrogen-bond donors (Lipinski definition) is 3. The maximum Gasteiger partial charge on any atom is 0.270 e. The zero-order valence-electron chi connectivity index (χ0n) is 18.6. The summed E-state index contributed by atoms with van der Waals surface area (Å²) >= 11 is 0. The molecule has 4 N–H and O–H groups in total. The van der Waals surface area contributed by atoms with Gasteiger partial charge < -0.3 is 30.4 Å². The molecule has 172 valence electrons. The van der Waals surface area contributed by atoms with Crippen LogP contribution >= 0.6 is 0 Å². The number of nitrogens with two attached hydrogens (primary N) is 1. The normalized spacial score (nSPS) is 12.1. The first kappa shape index (κ1) is 25.0. The first-order chi connectivity index (χ1) is 15.8. The minimum absolute atomic E-state index is 0.0570. The van der Waals surface area contributed by atoms with Gasteiger partial charge in [-0.15, -0.1) is 12.8 Å². The molecule has 1 atom stereocenters. The van der Waals surface area contributed by atoms with Gasteiger partial charge >= 0.3 is 0 Å². The van der Waals surface area contributed by atoms with Crippen LogP contribution in [0.15, 0.2) is 18.2 Å². The largest absolute Gasteiger partial charge is 0.491 e. The molecule has 1 aliphatic heterocycles. The molecular formula is C23H25N5O5. The van der Waals surface area contributed by atoms with Crippen molar-refractivity contribution in [2.75, 3.05) is 27.2 Å². The second kappa shape index (κ2) is 10.8. The number of aliphatic hydroxyl groups is 1.